The van der Waals surface area contributed by atoms with Gasteiger partial charge in [0.2, 0.25) is 0 Å². The van der Waals surface area contributed by atoms with Crippen LogP contribution in [0.4, 0.5) is 23.0 Å². The van der Waals surface area contributed by atoms with E-state index in [0.717, 1.165) is 24.3 Å². The van der Waals surface area contributed by atoms with Gasteiger partial charge in [-0.1, -0.05) is 5.16 Å². The molecule has 0 spiro atoms. The first-order valence-corrected chi connectivity index (χ1v) is 9.33. The topological polar surface area (TPSA) is 83.3 Å². The molecule has 0 bridgehead atoms. The molecule has 3 rings (SSSR count). The lowest BCUT2D eigenvalue weighted by atomic mass is 10.1. The van der Waals surface area contributed by atoms with Gasteiger partial charge in [0.05, 0.1) is 5.56 Å². The van der Waals surface area contributed by atoms with Crippen molar-refractivity contribution < 1.29 is 9.32 Å². The van der Waals surface area contributed by atoms with E-state index in [9.17, 15) is 4.79 Å². The van der Waals surface area contributed by atoms with Crippen LogP contribution in [-0.2, 0) is 0 Å². The summed E-state index contributed by atoms with van der Waals surface area (Å²) in [6, 6.07) is 11.5. The van der Waals surface area contributed by atoms with Crippen LogP contribution in [0.1, 0.15) is 35.5 Å². The van der Waals surface area contributed by atoms with Crippen molar-refractivity contribution in [3.8, 4) is 0 Å². The van der Waals surface area contributed by atoms with Crippen molar-refractivity contribution in [1.82, 2.24) is 10.1 Å². The minimum absolute atomic E-state index is 0.285. The lowest BCUT2D eigenvalue weighted by Crippen LogP contribution is -2.21. The highest BCUT2D eigenvalue weighted by molar-refractivity contribution is 6.03. The van der Waals surface area contributed by atoms with Crippen molar-refractivity contribution in [3.63, 3.8) is 0 Å². The summed E-state index contributed by atoms with van der Waals surface area (Å²) in [5.74, 6) is 1.41. The normalized spacial score (nSPS) is 10.6. The molecule has 0 fully saturated rings. The van der Waals surface area contributed by atoms with Gasteiger partial charge in [0.25, 0.3) is 5.91 Å². The molecule has 0 saturated carbocycles. The van der Waals surface area contributed by atoms with Crippen LogP contribution in [0.5, 0.6) is 0 Å². The minimum atomic E-state index is -0.285. The van der Waals surface area contributed by atoms with Crippen molar-refractivity contribution in [3.05, 3.63) is 59.5 Å². The van der Waals surface area contributed by atoms with Crippen LogP contribution in [0.15, 0.2) is 47.1 Å². The zero-order valence-corrected chi connectivity index (χ0v) is 16.6. The van der Waals surface area contributed by atoms with Crippen LogP contribution < -0.4 is 15.5 Å². The fourth-order valence-electron chi connectivity index (χ4n) is 2.93. The van der Waals surface area contributed by atoms with E-state index in [-0.39, 0.29) is 5.91 Å². The molecule has 0 atom stereocenters. The van der Waals surface area contributed by atoms with Crippen LogP contribution in [0.25, 0.3) is 0 Å². The Morgan fingerprint density at radius 2 is 1.86 bits per heavy atom. The van der Waals surface area contributed by atoms with E-state index >= 15 is 0 Å². The summed E-state index contributed by atoms with van der Waals surface area (Å²) < 4.78 is 4.94. The monoisotopic (exact) mass is 379 g/mol. The molecule has 2 aromatic heterocycles. The molecule has 28 heavy (non-hydrogen) atoms. The average molecular weight is 379 g/mol. The van der Waals surface area contributed by atoms with Gasteiger partial charge in [-0.2, -0.15) is 0 Å². The number of anilines is 4. The maximum atomic E-state index is 12.2. The number of pyridine rings is 1. The van der Waals surface area contributed by atoms with Gasteiger partial charge in [0.1, 0.15) is 11.6 Å². The third-order valence-corrected chi connectivity index (χ3v) is 4.50. The Hall–Kier alpha value is -3.35. The average Bonchev–Trinajstić information content (AvgIpc) is 3.10. The summed E-state index contributed by atoms with van der Waals surface area (Å²) in [5.41, 5.74) is 3.77. The molecule has 0 radical (unpaired) electrons. The summed E-state index contributed by atoms with van der Waals surface area (Å²) in [6.07, 6.45) is 1.53. The van der Waals surface area contributed by atoms with Gasteiger partial charge in [-0.15, -0.1) is 0 Å². The van der Waals surface area contributed by atoms with Crippen molar-refractivity contribution >= 4 is 28.9 Å². The first kappa shape index (κ1) is 19.4. The van der Waals surface area contributed by atoms with Crippen molar-refractivity contribution in [2.75, 3.05) is 28.6 Å². The van der Waals surface area contributed by atoms with E-state index in [1.165, 1.54) is 11.9 Å². The Morgan fingerprint density at radius 3 is 2.43 bits per heavy atom. The number of amides is 1. The zero-order valence-electron chi connectivity index (χ0n) is 16.6. The third kappa shape index (κ3) is 4.49. The van der Waals surface area contributed by atoms with E-state index in [4.69, 9.17) is 4.52 Å². The van der Waals surface area contributed by atoms with Crippen molar-refractivity contribution in [1.29, 1.82) is 0 Å². The molecule has 0 saturated heterocycles. The minimum Gasteiger partial charge on any atom is -0.372 e. The van der Waals surface area contributed by atoms with E-state index in [1.807, 2.05) is 0 Å². The summed E-state index contributed by atoms with van der Waals surface area (Å²) in [7, 11) is 0. The van der Waals surface area contributed by atoms with Crippen LogP contribution in [0.2, 0.25) is 0 Å². The first-order chi connectivity index (χ1) is 13.5. The Kier molecular flexibility index (Phi) is 5.93. The van der Waals surface area contributed by atoms with Crippen LogP contribution in [-0.4, -0.2) is 29.1 Å². The second-order valence-corrected chi connectivity index (χ2v) is 6.51. The van der Waals surface area contributed by atoms with Gasteiger partial charge in [0.15, 0.2) is 5.82 Å². The number of carbonyl (C=O) groups excluding carboxylic acids is 1. The van der Waals surface area contributed by atoms with Crippen molar-refractivity contribution in [2.24, 2.45) is 0 Å². The quantitative estimate of drug-likeness (QED) is 0.628. The molecule has 1 amide bonds. The fraction of sp³-hybridized carbons (Fsp3) is 0.286. The first-order valence-electron chi connectivity index (χ1n) is 9.33. The second kappa shape index (κ2) is 8.56. The largest absolute Gasteiger partial charge is 0.372 e. The number of carbonyl (C=O) groups is 1. The fourth-order valence-corrected chi connectivity index (χ4v) is 2.93. The highest BCUT2D eigenvalue weighted by Gasteiger charge is 2.10. The zero-order chi connectivity index (χ0) is 20.1. The number of hydrogen-bond acceptors (Lipinski definition) is 6. The highest BCUT2D eigenvalue weighted by atomic mass is 16.5. The number of nitrogens with zero attached hydrogens (tertiary/aromatic N) is 3. The maximum absolute atomic E-state index is 12.2. The molecule has 146 valence electrons. The standard InChI is InChI=1S/C21H25N5O2/c1-5-26(6-2)17-8-9-18(14(3)11-17)23-19-10-7-16(13-22-19)21(27)24-20-12-15(4)28-25-20/h7-13H,5-6H2,1-4H3,(H,22,23)(H,24,25,27). The molecule has 0 aliphatic heterocycles. The molecular weight excluding hydrogens is 354 g/mol. The van der Waals surface area contributed by atoms with E-state index in [0.29, 0.717) is 23.0 Å². The van der Waals surface area contributed by atoms with Gasteiger partial charge >= 0.3 is 0 Å². The SMILES string of the molecule is CCN(CC)c1ccc(Nc2ccc(C(=O)Nc3cc(C)on3)cn2)c(C)c1. The number of nitrogens with one attached hydrogen (secondary N) is 2. The van der Waals surface area contributed by atoms with Gasteiger partial charge in [-0.05, 0) is 63.6 Å². The summed E-state index contributed by atoms with van der Waals surface area (Å²) in [6.45, 7) is 10.1. The van der Waals surface area contributed by atoms with Gasteiger partial charge in [-0.3, -0.25) is 4.79 Å². The molecule has 2 heterocycles. The molecule has 7 nitrogen and oxygen atoms in total. The molecular formula is C21H25N5O2. The molecule has 0 unspecified atom stereocenters. The lowest BCUT2D eigenvalue weighted by Gasteiger charge is -2.22. The van der Waals surface area contributed by atoms with Gasteiger partial charge in [-0.25, -0.2) is 4.98 Å². The molecule has 0 aliphatic rings. The lowest BCUT2D eigenvalue weighted by molar-refractivity contribution is 0.102. The number of hydrogen-bond donors (Lipinski definition) is 2. The summed E-state index contributed by atoms with van der Waals surface area (Å²) in [4.78, 5) is 18.9. The van der Waals surface area contributed by atoms with Crippen molar-refractivity contribution in [2.45, 2.75) is 27.7 Å². The molecule has 1 aromatic carbocycles. The van der Waals surface area contributed by atoms with E-state index in [2.05, 4.69) is 64.6 Å². The Labute approximate surface area is 164 Å². The molecule has 3 aromatic rings. The predicted molar refractivity (Wildman–Crippen MR) is 111 cm³/mol. The number of rotatable bonds is 7. The molecule has 2 N–H and O–H groups in total. The maximum Gasteiger partial charge on any atom is 0.258 e. The highest BCUT2D eigenvalue weighted by Crippen LogP contribution is 2.25. The van der Waals surface area contributed by atoms with E-state index in [1.54, 1.807) is 25.1 Å². The third-order valence-electron chi connectivity index (χ3n) is 4.50. The molecule has 7 heteroatoms. The second-order valence-electron chi connectivity index (χ2n) is 6.51. The number of aromatic nitrogens is 2. The Morgan fingerprint density at radius 1 is 1.07 bits per heavy atom. The van der Waals surface area contributed by atoms with Crippen LogP contribution in [0, 0.1) is 13.8 Å². The molecule has 0 aliphatic carbocycles. The number of aryl methyl sites for hydroxylation is 2. The summed E-state index contributed by atoms with van der Waals surface area (Å²) >= 11 is 0. The predicted octanol–water partition coefficient (Wildman–Crippen LogP) is 4.53. The van der Waals surface area contributed by atoms with Gasteiger partial charge in [0, 0.05) is 36.7 Å². The van der Waals surface area contributed by atoms with E-state index < -0.39 is 0 Å². The van der Waals surface area contributed by atoms with Crippen LogP contribution >= 0.6 is 0 Å². The Balaban J connectivity index is 1.68. The van der Waals surface area contributed by atoms with Crippen LogP contribution in [0.3, 0.4) is 0 Å². The Bertz CT molecular complexity index is 946. The summed E-state index contributed by atoms with van der Waals surface area (Å²) in [5, 5.41) is 9.73. The number of benzene rings is 1. The van der Waals surface area contributed by atoms with Gasteiger partial charge < -0.3 is 20.1 Å². The smallest absolute Gasteiger partial charge is 0.258 e.